The van der Waals surface area contributed by atoms with Gasteiger partial charge in [-0.3, -0.25) is 19.7 Å². The van der Waals surface area contributed by atoms with Gasteiger partial charge < -0.3 is 5.32 Å². The van der Waals surface area contributed by atoms with Gasteiger partial charge in [-0.15, -0.1) is 0 Å². The van der Waals surface area contributed by atoms with Gasteiger partial charge in [0.05, 0.1) is 0 Å². The summed E-state index contributed by atoms with van der Waals surface area (Å²) in [6, 6.07) is 6.45. The molecule has 1 atom stereocenters. The molecule has 1 aliphatic rings. The van der Waals surface area contributed by atoms with Gasteiger partial charge in [-0.1, -0.05) is 31.5 Å². The third-order valence-electron chi connectivity index (χ3n) is 2.86. The van der Waals surface area contributed by atoms with E-state index in [1.165, 1.54) is 0 Å². The number of carbonyl (C=O) groups is 3. The maximum Gasteiger partial charge on any atom is 0.251 e. The Balaban J connectivity index is 0.000000956. The molecule has 3 amide bonds. The van der Waals surface area contributed by atoms with Gasteiger partial charge in [0.1, 0.15) is 6.04 Å². The number of imide groups is 1. The average Bonchev–Trinajstić information content (AvgIpc) is 2.45. The number of amides is 3. The van der Waals surface area contributed by atoms with Crippen LogP contribution < -0.4 is 10.6 Å². The fourth-order valence-corrected chi connectivity index (χ4v) is 1.78. The highest BCUT2D eigenvalue weighted by atomic mass is 16.2. The molecular formula is C15H20N2O3. The van der Waals surface area contributed by atoms with Crippen LogP contribution in [0, 0.1) is 6.92 Å². The number of carbonyl (C=O) groups excluding carboxylic acids is 3. The smallest absolute Gasteiger partial charge is 0.251 e. The van der Waals surface area contributed by atoms with Crippen molar-refractivity contribution in [1.29, 1.82) is 0 Å². The van der Waals surface area contributed by atoms with Crippen molar-refractivity contribution in [2.45, 2.75) is 39.7 Å². The second kappa shape index (κ2) is 7.43. The van der Waals surface area contributed by atoms with Crippen molar-refractivity contribution < 1.29 is 14.4 Å². The lowest BCUT2D eigenvalue weighted by Crippen LogP contribution is -2.52. The Bertz CT molecular complexity index is 494. The van der Waals surface area contributed by atoms with Crippen LogP contribution in [0.5, 0.6) is 0 Å². The fourth-order valence-electron chi connectivity index (χ4n) is 1.78. The Morgan fingerprint density at radius 2 is 1.80 bits per heavy atom. The molecule has 1 heterocycles. The van der Waals surface area contributed by atoms with Crippen molar-refractivity contribution in [1.82, 2.24) is 10.6 Å². The Hall–Kier alpha value is -2.17. The number of nitrogens with one attached hydrogen (secondary N) is 2. The van der Waals surface area contributed by atoms with Crippen molar-refractivity contribution in [2.24, 2.45) is 0 Å². The molecule has 108 valence electrons. The van der Waals surface area contributed by atoms with Gasteiger partial charge in [0, 0.05) is 12.0 Å². The second-order valence-electron chi connectivity index (χ2n) is 4.34. The third kappa shape index (κ3) is 4.19. The zero-order valence-electron chi connectivity index (χ0n) is 12.0. The Morgan fingerprint density at radius 3 is 2.35 bits per heavy atom. The van der Waals surface area contributed by atoms with Gasteiger partial charge in [0.15, 0.2) is 0 Å². The van der Waals surface area contributed by atoms with Crippen molar-refractivity contribution in [2.75, 3.05) is 0 Å². The molecule has 2 N–H and O–H groups in total. The molecule has 0 saturated carbocycles. The van der Waals surface area contributed by atoms with E-state index in [9.17, 15) is 14.4 Å². The van der Waals surface area contributed by atoms with Gasteiger partial charge in [-0.05, 0) is 25.5 Å². The van der Waals surface area contributed by atoms with E-state index >= 15 is 0 Å². The molecule has 1 aromatic carbocycles. The molecular weight excluding hydrogens is 256 g/mol. The quantitative estimate of drug-likeness (QED) is 0.805. The van der Waals surface area contributed by atoms with E-state index in [1.54, 1.807) is 12.1 Å². The monoisotopic (exact) mass is 276 g/mol. The standard InChI is InChI=1S/C13H14N2O3.C2H6/c1-8-2-4-9(5-3-8)12(17)14-10-6-7-11(16)15-13(10)18;1-2/h2-5,10H,6-7H2,1H3,(H,14,17)(H,15,16,18);1-2H3. The van der Waals surface area contributed by atoms with Crippen LogP contribution in [0.15, 0.2) is 24.3 Å². The van der Waals surface area contributed by atoms with Gasteiger partial charge in [0.25, 0.3) is 5.91 Å². The summed E-state index contributed by atoms with van der Waals surface area (Å²) in [7, 11) is 0. The molecule has 5 heteroatoms. The van der Waals surface area contributed by atoms with E-state index in [-0.39, 0.29) is 18.2 Å². The van der Waals surface area contributed by atoms with Crippen LogP contribution >= 0.6 is 0 Å². The third-order valence-corrected chi connectivity index (χ3v) is 2.86. The highest BCUT2D eigenvalue weighted by molar-refractivity contribution is 6.03. The number of hydrogen-bond donors (Lipinski definition) is 2. The molecule has 5 nitrogen and oxygen atoms in total. The minimum Gasteiger partial charge on any atom is -0.340 e. The van der Waals surface area contributed by atoms with Gasteiger partial charge in [0.2, 0.25) is 11.8 Å². The van der Waals surface area contributed by atoms with E-state index in [0.717, 1.165) is 5.56 Å². The predicted octanol–water partition coefficient (Wildman–Crippen LogP) is 1.56. The van der Waals surface area contributed by atoms with Gasteiger partial charge in [-0.2, -0.15) is 0 Å². The van der Waals surface area contributed by atoms with Crippen LogP contribution in [-0.4, -0.2) is 23.8 Å². The highest BCUT2D eigenvalue weighted by Crippen LogP contribution is 2.07. The van der Waals surface area contributed by atoms with E-state index in [0.29, 0.717) is 12.0 Å². The first-order chi connectivity index (χ1) is 9.56. The molecule has 0 aliphatic carbocycles. The summed E-state index contributed by atoms with van der Waals surface area (Å²) >= 11 is 0. The molecule has 0 spiro atoms. The molecule has 2 rings (SSSR count). The van der Waals surface area contributed by atoms with Crippen molar-refractivity contribution >= 4 is 17.7 Å². The molecule has 1 fully saturated rings. The van der Waals surface area contributed by atoms with Crippen molar-refractivity contribution in [3.8, 4) is 0 Å². The predicted molar refractivity (Wildman–Crippen MR) is 76.2 cm³/mol. The largest absolute Gasteiger partial charge is 0.340 e. The summed E-state index contributed by atoms with van der Waals surface area (Å²) in [6.45, 7) is 5.93. The molecule has 1 aromatic rings. The highest BCUT2D eigenvalue weighted by Gasteiger charge is 2.27. The zero-order valence-corrected chi connectivity index (χ0v) is 12.0. The number of benzene rings is 1. The minimum absolute atomic E-state index is 0.255. The van der Waals surface area contributed by atoms with E-state index < -0.39 is 11.9 Å². The number of aryl methyl sites for hydroxylation is 1. The summed E-state index contributed by atoms with van der Waals surface area (Å²) < 4.78 is 0. The SMILES string of the molecule is CC.Cc1ccc(C(=O)NC2CCC(=O)NC2=O)cc1. The number of piperidine rings is 1. The topological polar surface area (TPSA) is 75.3 Å². The second-order valence-corrected chi connectivity index (χ2v) is 4.34. The lowest BCUT2D eigenvalue weighted by atomic mass is 10.1. The summed E-state index contributed by atoms with van der Waals surface area (Å²) in [4.78, 5) is 34.3. The van der Waals surface area contributed by atoms with Crippen molar-refractivity contribution in [3.05, 3.63) is 35.4 Å². The van der Waals surface area contributed by atoms with E-state index in [1.807, 2.05) is 32.9 Å². The lowest BCUT2D eigenvalue weighted by Gasteiger charge is -2.21. The van der Waals surface area contributed by atoms with Crippen LogP contribution in [-0.2, 0) is 9.59 Å². The molecule has 1 unspecified atom stereocenters. The Kier molecular flexibility index (Phi) is 5.90. The van der Waals surface area contributed by atoms with Gasteiger partial charge >= 0.3 is 0 Å². The zero-order chi connectivity index (χ0) is 15.1. The first-order valence-electron chi connectivity index (χ1n) is 6.77. The molecule has 1 saturated heterocycles. The van der Waals surface area contributed by atoms with Crippen LogP contribution in [0.25, 0.3) is 0 Å². The van der Waals surface area contributed by atoms with Crippen LogP contribution in [0.2, 0.25) is 0 Å². The summed E-state index contributed by atoms with van der Waals surface area (Å²) in [5.74, 6) is -1.03. The molecule has 0 radical (unpaired) electrons. The first-order valence-corrected chi connectivity index (χ1v) is 6.77. The molecule has 1 aliphatic heterocycles. The van der Waals surface area contributed by atoms with Gasteiger partial charge in [-0.25, -0.2) is 0 Å². The van der Waals surface area contributed by atoms with Crippen molar-refractivity contribution in [3.63, 3.8) is 0 Å². The number of hydrogen-bond acceptors (Lipinski definition) is 3. The minimum atomic E-state index is -0.628. The number of rotatable bonds is 2. The summed E-state index contributed by atoms with van der Waals surface area (Å²) in [5, 5.41) is 4.82. The van der Waals surface area contributed by atoms with E-state index in [2.05, 4.69) is 10.6 Å². The summed E-state index contributed by atoms with van der Waals surface area (Å²) in [6.07, 6.45) is 0.604. The normalized spacial score (nSPS) is 17.6. The Morgan fingerprint density at radius 1 is 1.20 bits per heavy atom. The average molecular weight is 276 g/mol. The van der Waals surface area contributed by atoms with Crippen LogP contribution in [0.3, 0.4) is 0 Å². The van der Waals surface area contributed by atoms with E-state index in [4.69, 9.17) is 0 Å². The lowest BCUT2D eigenvalue weighted by molar-refractivity contribution is -0.134. The first kappa shape index (κ1) is 15.9. The van der Waals surface area contributed by atoms with Crippen LogP contribution in [0.1, 0.15) is 42.6 Å². The summed E-state index contributed by atoms with van der Waals surface area (Å²) in [5.41, 5.74) is 1.57. The fraction of sp³-hybridized carbons (Fsp3) is 0.400. The molecule has 20 heavy (non-hydrogen) atoms. The maximum atomic E-state index is 11.9. The molecule has 0 aromatic heterocycles. The maximum absolute atomic E-state index is 11.9. The molecule has 0 bridgehead atoms. The van der Waals surface area contributed by atoms with Crippen LogP contribution in [0.4, 0.5) is 0 Å². The Labute approximate surface area is 118 Å².